The maximum absolute atomic E-state index is 5.07. The topological polar surface area (TPSA) is 34.6 Å². The summed E-state index contributed by atoms with van der Waals surface area (Å²) in [6, 6.07) is 39.5. The standard InChI is InChI=1S/C31H28N4/c1-23-19-20-29(26-13-7-4-8-14-26)34(23)32-24(2)25(3)33-35-30(27-15-9-5-10-16-27)21-22-31(35)28-17-11-6-12-18-28/h4-22H,1-3H3. The minimum atomic E-state index is 0.850. The van der Waals surface area contributed by atoms with Gasteiger partial charge in [0.25, 0.3) is 0 Å². The molecule has 0 atom stereocenters. The number of benzene rings is 3. The summed E-state index contributed by atoms with van der Waals surface area (Å²) in [6.45, 7) is 6.10. The number of nitrogens with zero attached hydrogens (tertiary/aromatic N) is 4. The Bertz CT molecular complexity index is 1430. The van der Waals surface area contributed by atoms with Crippen LogP contribution in [0.5, 0.6) is 0 Å². The summed E-state index contributed by atoms with van der Waals surface area (Å²) < 4.78 is 4.02. The van der Waals surface area contributed by atoms with Crippen LogP contribution in [0.4, 0.5) is 0 Å². The second-order valence-corrected chi connectivity index (χ2v) is 8.56. The molecule has 0 aliphatic carbocycles. The molecule has 172 valence electrons. The normalized spacial score (nSPS) is 12.2. The van der Waals surface area contributed by atoms with Crippen LogP contribution in [0, 0.1) is 6.92 Å². The van der Waals surface area contributed by atoms with E-state index in [4.69, 9.17) is 10.2 Å². The van der Waals surface area contributed by atoms with Crippen molar-refractivity contribution in [2.75, 3.05) is 0 Å². The second-order valence-electron chi connectivity index (χ2n) is 8.56. The van der Waals surface area contributed by atoms with Crippen molar-refractivity contribution in [2.45, 2.75) is 20.8 Å². The van der Waals surface area contributed by atoms with Crippen LogP contribution in [-0.2, 0) is 0 Å². The van der Waals surface area contributed by atoms with Gasteiger partial charge in [0.05, 0.1) is 28.5 Å². The first kappa shape index (κ1) is 22.4. The van der Waals surface area contributed by atoms with Crippen LogP contribution in [0.25, 0.3) is 33.8 Å². The Balaban J connectivity index is 1.59. The van der Waals surface area contributed by atoms with E-state index in [1.165, 1.54) is 0 Å². The minimum absolute atomic E-state index is 0.850. The number of aromatic nitrogens is 2. The van der Waals surface area contributed by atoms with Crippen molar-refractivity contribution in [3.05, 3.63) is 121 Å². The number of rotatable bonds is 6. The van der Waals surface area contributed by atoms with Crippen molar-refractivity contribution in [3.8, 4) is 33.8 Å². The van der Waals surface area contributed by atoms with Crippen LogP contribution in [-0.4, -0.2) is 20.8 Å². The molecule has 0 saturated carbocycles. The fourth-order valence-electron chi connectivity index (χ4n) is 4.13. The fourth-order valence-corrected chi connectivity index (χ4v) is 4.13. The Labute approximate surface area is 206 Å². The molecule has 4 heteroatoms. The van der Waals surface area contributed by atoms with E-state index in [9.17, 15) is 0 Å². The molecular formula is C31H28N4. The largest absolute Gasteiger partial charge is 0.237 e. The van der Waals surface area contributed by atoms with E-state index in [0.29, 0.717) is 0 Å². The maximum atomic E-state index is 5.07. The maximum Gasteiger partial charge on any atom is 0.0812 e. The molecule has 5 rings (SSSR count). The van der Waals surface area contributed by atoms with E-state index in [0.717, 1.165) is 50.9 Å². The third-order valence-corrected chi connectivity index (χ3v) is 6.13. The van der Waals surface area contributed by atoms with E-state index in [1.807, 2.05) is 53.5 Å². The molecule has 4 nitrogen and oxygen atoms in total. The Kier molecular flexibility index (Phi) is 6.27. The SMILES string of the molecule is CC(=Nn1c(C)ccc1-c1ccccc1)C(C)=Nn1c(-c2ccccc2)ccc1-c1ccccc1. The van der Waals surface area contributed by atoms with Gasteiger partial charge in [0.1, 0.15) is 0 Å². The highest BCUT2D eigenvalue weighted by Crippen LogP contribution is 2.29. The monoisotopic (exact) mass is 456 g/mol. The average Bonchev–Trinajstić information content (AvgIpc) is 3.49. The summed E-state index contributed by atoms with van der Waals surface area (Å²) in [6.07, 6.45) is 0. The van der Waals surface area contributed by atoms with Crippen molar-refractivity contribution >= 4 is 11.4 Å². The molecule has 0 radical (unpaired) electrons. The Morgan fingerprint density at radius 2 is 0.800 bits per heavy atom. The van der Waals surface area contributed by atoms with Crippen molar-refractivity contribution in [3.63, 3.8) is 0 Å². The number of aryl methyl sites for hydroxylation is 1. The van der Waals surface area contributed by atoms with Gasteiger partial charge >= 0.3 is 0 Å². The lowest BCUT2D eigenvalue weighted by atomic mass is 10.2. The molecule has 0 spiro atoms. The molecule has 0 aliphatic rings. The molecule has 3 aromatic carbocycles. The lowest BCUT2D eigenvalue weighted by molar-refractivity contribution is 0.855. The van der Waals surface area contributed by atoms with Crippen molar-refractivity contribution in [2.24, 2.45) is 10.2 Å². The molecule has 0 fully saturated rings. The molecule has 0 N–H and O–H groups in total. The molecule has 0 amide bonds. The predicted molar refractivity (Wildman–Crippen MR) is 147 cm³/mol. The van der Waals surface area contributed by atoms with Gasteiger partial charge in [-0.05, 0) is 45.0 Å². The van der Waals surface area contributed by atoms with Crippen LogP contribution in [0.3, 0.4) is 0 Å². The second kappa shape index (κ2) is 9.82. The third kappa shape index (κ3) is 4.64. The minimum Gasteiger partial charge on any atom is -0.237 e. The summed E-state index contributed by atoms with van der Waals surface area (Å²) >= 11 is 0. The van der Waals surface area contributed by atoms with Gasteiger partial charge in [-0.15, -0.1) is 0 Å². The first-order chi connectivity index (χ1) is 17.1. The van der Waals surface area contributed by atoms with Crippen LogP contribution >= 0.6 is 0 Å². The Morgan fingerprint density at radius 1 is 0.457 bits per heavy atom. The molecule has 2 aromatic heterocycles. The molecule has 0 unspecified atom stereocenters. The van der Waals surface area contributed by atoms with Gasteiger partial charge in [-0.25, -0.2) is 9.35 Å². The zero-order chi connectivity index (χ0) is 24.2. The number of hydrogen-bond acceptors (Lipinski definition) is 2. The zero-order valence-corrected chi connectivity index (χ0v) is 20.3. The molecule has 0 bridgehead atoms. The molecule has 35 heavy (non-hydrogen) atoms. The quantitative estimate of drug-likeness (QED) is 0.234. The summed E-state index contributed by atoms with van der Waals surface area (Å²) in [5, 5.41) is 10.0. The number of hydrogen-bond donors (Lipinski definition) is 0. The average molecular weight is 457 g/mol. The lowest BCUT2D eigenvalue weighted by Crippen LogP contribution is -2.12. The highest BCUT2D eigenvalue weighted by Gasteiger charge is 2.13. The highest BCUT2D eigenvalue weighted by atomic mass is 15.4. The van der Waals surface area contributed by atoms with Gasteiger partial charge in [-0.2, -0.15) is 10.2 Å². The van der Waals surface area contributed by atoms with Gasteiger partial charge in [0.15, 0.2) is 0 Å². The summed E-state index contributed by atoms with van der Waals surface area (Å²) in [5.41, 5.74) is 9.29. The molecule has 0 aliphatic heterocycles. The van der Waals surface area contributed by atoms with Gasteiger partial charge in [0, 0.05) is 22.4 Å². The Morgan fingerprint density at radius 3 is 1.23 bits per heavy atom. The summed E-state index contributed by atoms with van der Waals surface area (Å²) in [4.78, 5) is 0. The molecule has 2 heterocycles. The molecular weight excluding hydrogens is 428 g/mol. The summed E-state index contributed by atoms with van der Waals surface area (Å²) in [5.74, 6) is 0. The third-order valence-electron chi connectivity index (χ3n) is 6.13. The molecule has 5 aromatic rings. The first-order valence-electron chi connectivity index (χ1n) is 11.8. The van der Waals surface area contributed by atoms with Crippen molar-refractivity contribution in [1.29, 1.82) is 0 Å². The first-order valence-corrected chi connectivity index (χ1v) is 11.8. The van der Waals surface area contributed by atoms with Gasteiger partial charge in [-0.3, -0.25) is 0 Å². The van der Waals surface area contributed by atoms with Gasteiger partial charge in [0.2, 0.25) is 0 Å². The van der Waals surface area contributed by atoms with Crippen molar-refractivity contribution < 1.29 is 0 Å². The van der Waals surface area contributed by atoms with E-state index in [1.54, 1.807) is 0 Å². The lowest BCUT2D eigenvalue weighted by Gasteiger charge is -2.12. The van der Waals surface area contributed by atoms with E-state index in [-0.39, 0.29) is 0 Å². The predicted octanol–water partition coefficient (Wildman–Crippen LogP) is 7.75. The molecule has 0 saturated heterocycles. The summed E-state index contributed by atoms with van der Waals surface area (Å²) in [7, 11) is 0. The van der Waals surface area contributed by atoms with E-state index >= 15 is 0 Å². The van der Waals surface area contributed by atoms with E-state index in [2.05, 4.69) is 91.9 Å². The van der Waals surface area contributed by atoms with Crippen LogP contribution in [0.2, 0.25) is 0 Å². The van der Waals surface area contributed by atoms with Gasteiger partial charge < -0.3 is 0 Å². The zero-order valence-electron chi connectivity index (χ0n) is 20.3. The van der Waals surface area contributed by atoms with Crippen LogP contribution in [0.15, 0.2) is 125 Å². The van der Waals surface area contributed by atoms with E-state index < -0.39 is 0 Å². The Hall–Kier alpha value is -4.44. The smallest absolute Gasteiger partial charge is 0.0812 e. The van der Waals surface area contributed by atoms with Crippen LogP contribution < -0.4 is 0 Å². The fraction of sp³-hybridized carbons (Fsp3) is 0.0968. The van der Waals surface area contributed by atoms with Crippen molar-refractivity contribution in [1.82, 2.24) is 9.35 Å². The highest BCUT2D eigenvalue weighted by molar-refractivity contribution is 6.40. The van der Waals surface area contributed by atoms with Gasteiger partial charge in [-0.1, -0.05) is 91.0 Å². The van der Waals surface area contributed by atoms with Crippen LogP contribution in [0.1, 0.15) is 19.5 Å².